The number of fused-ring (bicyclic) bond motifs is 1. The molecule has 0 saturated heterocycles. The smallest absolute Gasteiger partial charge is 0.271 e. The van der Waals surface area contributed by atoms with Gasteiger partial charge in [0.25, 0.3) is 5.91 Å². The number of carbonyl (C=O) groups is 2. The number of hydrogen-bond acceptors (Lipinski definition) is 4. The predicted molar refractivity (Wildman–Crippen MR) is 116 cm³/mol. The summed E-state index contributed by atoms with van der Waals surface area (Å²) in [6.07, 6.45) is 0.195. The molecule has 0 unspecified atom stereocenters. The molecular formula is C24H19ClN2O3. The quantitative estimate of drug-likeness (QED) is 0.596. The first-order chi connectivity index (χ1) is 14.5. The molecule has 0 spiro atoms. The molecule has 1 aliphatic rings. The van der Waals surface area contributed by atoms with E-state index in [9.17, 15) is 9.59 Å². The van der Waals surface area contributed by atoms with E-state index in [0.29, 0.717) is 28.5 Å². The molecule has 30 heavy (non-hydrogen) atoms. The minimum atomic E-state index is -0.333. The van der Waals surface area contributed by atoms with Crippen LogP contribution in [0.2, 0.25) is 5.02 Å². The Bertz CT molecular complexity index is 1150. The topological polar surface area (TPSA) is 67.8 Å². The third kappa shape index (κ3) is 4.26. The molecule has 0 aromatic heterocycles. The number of halogens is 1. The second-order valence-corrected chi connectivity index (χ2v) is 7.45. The molecule has 0 fully saturated rings. The van der Waals surface area contributed by atoms with Gasteiger partial charge in [-0.2, -0.15) is 5.10 Å². The molecular weight excluding hydrogens is 400 g/mol. The Balaban J connectivity index is 1.37. The van der Waals surface area contributed by atoms with E-state index in [1.54, 1.807) is 24.3 Å². The zero-order valence-corrected chi connectivity index (χ0v) is 17.1. The predicted octanol–water partition coefficient (Wildman–Crippen LogP) is 4.95. The Hall–Kier alpha value is -3.44. The van der Waals surface area contributed by atoms with Crippen molar-refractivity contribution in [1.82, 2.24) is 5.43 Å². The average Bonchev–Trinajstić information content (AvgIpc) is 3.09. The number of benzene rings is 3. The fourth-order valence-electron chi connectivity index (χ4n) is 3.23. The highest BCUT2D eigenvalue weighted by Gasteiger charge is 2.25. The molecule has 1 aliphatic carbocycles. The maximum atomic E-state index is 12.4. The molecule has 0 saturated carbocycles. The number of aryl methyl sites for hydroxylation is 1. The minimum Gasteiger partial charge on any atom is -0.489 e. The molecule has 0 heterocycles. The third-order valence-corrected chi connectivity index (χ3v) is 5.33. The molecule has 0 aliphatic heterocycles. The summed E-state index contributed by atoms with van der Waals surface area (Å²) in [6, 6.07) is 19.9. The van der Waals surface area contributed by atoms with Gasteiger partial charge in [-0.15, -0.1) is 0 Å². The van der Waals surface area contributed by atoms with Gasteiger partial charge in [-0.1, -0.05) is 48.0 Å². The van der Waals surface area contributed by atoms with Crippen LogP contribution in [0, 0.1) is 6.92 Å². The Morgan fingerprint density at radius 1 is 1.07 bits per heavy atom. The number of ketones is 1. The Morgan fingerprint density at radius 3 is 2.53 bits per heavy atom. The van der Waals surface area contributed by atoms with E-state index in [1.165, 1.54) is 0 Å². The van der Waals surface area contributed by atoms with E-state index in [1.807, 2.05) is 49.4 Å². The molecule has 150 valence electrons. The summed E-state index contributed by atoms with van der Waals surface area (Å²) in [7, 11) is 0. The SMILES string of the molecule is Cc1cc(OCc2ccc(C(=O)N/N=C3\CC(=O)c4ccccc43)cc2)ccc1Cl. The summed E-state index contributed by atoms with van der Waals surface area (Å²) < 4.78 is 5.77. The van der Waals surface area contributed by atoms with Gasteiger partial charge >= 0.3 is 0 Å². The van der Waals surface area contributed by atoms with Crippen molar-refractivity contribution >= 4 is 29.0 Å². The second kappa shape index (κ2) is 8.51. The Labute approximate surface area is 179 Å². The summed E-state index contributed by atoms with van der Waals surface area (Å²) in [5.74, 6) is 0.417. The summed E-state index contributed by atoms with van der Waals surface area (Å²) in [6.45, 7) is 2.30. The van der Waals surface area contributed by atoms with Crippen LogP contribution < -0.4 is 10.2 Å². The summed E-state index contributed by atoms with van der Waals surface area (Å²) in [4.78, 5) is 24.4. The minimum absolute atomic E-state index is 0.0128. The van der Waals surface area contributed by atoms with Crippen molar-refractivity contribution in [3.05, 3.63) is 99.6 Å². The highest BCUT2D eigenvalue weighted by molar-refractivity contribution is 6.31. The number of ether oxygens (including phenoxy) is 1. The molecule has 5 nitrogen and oxygen atoms in total. The van der Waals surface area contributed by atoms with E-state index in [-0.39, 0.29) is 18.1 Å². The van der Waals surface area contributed by atoms with Crippen LogP contribution in [0.25, 0.3) is 0 Å². The van der Waals surface area contributed by atoms with Gasteiger partial charge in [-0.25, -0.2) is 5.43 Å². The van der Waals surface area contributed by atoms with Crippen molar-refractivity contribution in [3.8, 4) is 5.75 Å². The first-order valence-electron chi connectivity index (χ1n) is 9.48. The van der Waals surface area contributed by atoms with Crippen molar-refractivity contribution in [2.75, 3.05) is 0 Å². The molecule has 0 atom stereocenters. The van der Waals surface area contributed by atoms with E-state index < -0.39 is 0 Å². The lowest BCUT2D eigenvalue weighted by atomic mass is 10.1. The number of rotatable bonds is 5. The molecule has 0 bridgehead atoms. The number of hydrazone groups is 1. The number of Topliss-reactive ketones (excluding diaryl/α,β-unsaturated/α-hetero) is 1. The van der Waals surface area contributed by atoms with Crippen LogP contribution >= 0.6 is 11.6 Å². The normalized spacial score (nSPS) is 13.9. The zero-order chi connectivity index (χ0) is 21.1. The number of amides is 1. The Morgan fingerprint density at radius 2 is 1.80 bits per heavy atom. The van der Waals surface area contributed by atoms with Crippen LogP contribution in [-0.4, -0.2) is 17.4 Å². The van der Waals surface area contributed by atoms with Crippen LogP contribution in [0.5, 0.6) is 5.75 Å². The number of hydrogen-bond donors (Lipinski definition) is 1. The van der Waals surface area contributed by atoms with Crippen LogP contribution in [0.3, 0.4) is 0 Å². The van der Waals surface area contributed by atoms with Gasteiger partial charge in [-0.05, 0) is 48.4 Å². The molecule has 3 aromatic carbocycles. The highest BCUT2D eigenvalue weighted by atomic mass is 35.5. The average molecular weight is 419 g/mol. The van der Waals surface area contributed by atoms with Crippen molar-refractivity contribution in [2.24, 2.45) is 5.10 Å². The summed E-state index contributed by atoms with van der Waals surface area (Å²) in [5, 5.41) is 4.87. The van der Waals surface area contributed by atoms with Crippen molar-refractivity contribution < 1.29 is 14.3 Å². The molecule has 1 amide bonds. The first-order valence-corrected chi connectivity index (χ1v) is 9.86. The molecule has 1 N–H and O–H groups in total. The van der Waals surface area contributed by atoms with Crippen molar-refractivity contribution in [1.29, 1.82) is 0 Å². The number of carbonyl (C=O) groups excluding carboxylic acids is 2. The first kappa shape index (κ1) is 19.9. The second-order valence-electron chi connectivity index (χ2n) is 7.04. The van der Waals surface area contributed by atoms with Crippen LogP contribution in [-0.2, 0) is 6.61 Å². The van der Waals surface area contributed by atoms with E-state index in [4.69, 9.17) is 16.3 Å². The summed E-state index contributed by atoms with van der Waals surface area (Å²) in [5.41, 5.74) is 6.90. The fourth-order valence-corrected chi connectivity index (χ4v) is 3.35. The van der Waals surface area contributed by atoms with Crippen molar-refractivity contribution in [3.63, 3.8) is 0 Å². The van der Waals surface area contributed by atoms with Gasteiger partial charge in [0.1, 0.15) is 12.4 Å². The maximum Gasteiger partial charge on any atom is 0.271 e. The lowest BCUT2D eigenvalue weighted by Crippen LogP contribution is -2.19. The lowest BCUT2D eigenvalue weighted by Gasteiger charge is -2.08. The fraction of sp³-hybridized carbons (Fsp3) is 0.125. The molecule has 4 rings (SSSR count). The van der Waals surface area contributed by atoms with E-state index in [0.717, 1.165) is 22.4 Å². The van der Waals surface area contributed by atoms with Gasteiger partial charge in [0, 0.05) is 21.7 Å². The van der Waals surface area contributed by atoms with Gasteiger partial charge in [0.15, 0.2) is 5.78 Å². The maximum absolute atomic E-state index is 12.4. The zero-order valence-electron chi connectivity index (χ0n) is 16.3. The third-order valence-electron chi connectivity index (χ3n) is 4.91. The number of nitrogens with one attached hydrogen (secondary N) is 1. The summed E-state index contributed by atoms with van der Waals surface area (Å²) >= 11 is 6.02. The van der Waals surface area contributed by atoms with E-state index >= 15 is 0 Å². The largest absolute Gasteiger partial charge is 0.489 e. The van der Waals surface area contributed by atoms with E-state index in [2.05, 4.69) is 10.5 Å². The van der Waals surface area contributed by atoms with Gasteiger partial charge in [0.2, 0.25) is 0 Å². The Kier molecular flexibility index (Phi) is 5.63. The van der Waals surface area contributed by atoms with Crippen molar-refractivity contribution in [2.45, 2.75) is 20.0 Å². The molecule has 0 radical (unpaired) electrons. The van der Waals surface area contributed by atoms with Crippen LogP contribution in [0.15, 0.2) is 71.8 Å². The lowest BCUT2D eigenvalue weighted by molar-refractivity contribution is 0.0952. The molecule has 3 aromatic rings. The van der Waals surface area contributed by atoms with Gasteiger partial charge in [-0.3, -0.25) is 9.59 Å². The molecule has 6 heteroatoms. The van der Waals surface area contributed by atoms with Crippen LogP contribution in [0.4, 0.5) is 0 Å². The van der Waals surface area contributed by atoms with Crippen LogP contribution in [0.1, 0.15) is 43.8 Å². The standard InChI is InChI=1S/C24H19ClN2O3/c1-15-12-18(10-11-21(15)25)30-14-16-6-8-17(9-7-16)24(29)27-26-22-13-23(28)20-5-3-2-4-19(20)22/h2-12H,13-14H2,1H3,(H,27,29)/b26-22+. The monoisotopic (exact) mass is 418 g/mol. The number of nitrogens with zero attached hydrogens (tertiary/aromatic N) is 1. The van der Waals surface area contributed by atoms with Gasteiger partial charge in [0.05, 0.1) is 12.1 Å². The highest BCUT2D eigenvalue weighted by Crippen LogP contribution is 2.23. The van der Waals surface area contributed by atoms with Gasteiger partial charge < -0.3 is 4.74 Å².